The Labute approximate surface area is 426 Å². The average molecular weight is 910 g/mol. The molecule has 0 saturated heterocycles. The van der Waals surface area contributed by atoms with Crippen molar-refractivity contribution in [3.8, 4) is 28.1 Å². The van der Waals surface area contributed by atoms with Gasteiger partial charge in [0.1, 0.15) is 12.5 Å². The van der Waals surface area contributed by atoms with Crippen LogP contribution in [0.2, 0.25) is 0 Å². The first-order chi connectivity index (χ1) is 38.7. The minimum atomic E-state index is -0.690. The Hall–Kier alpha value is -7.69. The zero-order chi connectivity index (χ0) is 59.0. The van der Waals surface area contributed by atoms with Crippen molar-refractivity contribution in [2.45, 2.75) is 71.6 Å². The number of hydrogen-bond acceptors (Lipinski definition) is 3. The van der Waals surface area contributed by atoms with E-state index in [1.54, 1.807) is 25.3 Å². The van der Waals surface area contributed by atoms with Gasteiger partial charge in [-0.1, -0.05) is 187 Å². The lowest BCUT2D eigenvalue weighted by Gasteiger charge is -2.31. The summed E-state index contributed by atoms with van der Waals surface area (Å²) >= 11 is 0. The number of nitrogens with zero attached hydrogens (tertiary/aromatic N) is 4. The molecule has 0 aliphatic carbocycles. The zero-order valence-corrected chi connectivity index (χ0v) is 40.1. The summed E-state index contributed by atoms with van der Waals surface area (Å²) in [5.41, 5.74) is 7.26. The molecule has 0 saturated carbocycles. The fourth-order valence-corrected chi connectivity index (χ4v) is 9.85. The normalized spacial score (nSPS) is 15.7. The second kappa shape index (κ2) is 16.8. The van der Waals surface area contributed by atoms with E-state index >= 15 is 0 Å². The predicted octanol–water partition coefficient (Wildman–Crippen LogP) is 17.0. The van der Waals surface area contributed by atoms with Crippen molar-refractivity contribution in [3.63, 3.8) is 0 Å². The van der Waals surface area contributed by atoms with Gasteiger partial charge in [-0.05, 0) is 118 Å². The molecule has 1 aliphatic rings. The summed E-state index contributed by atoms with van der Waals surface area (Å²) < 4.78 is 119. The van der Waals surface area contributed by atoms with Crippen LogP contribution < -0.4 is 9.80 Å². The molecule has 4 nitrogen and oxygen atoms in total. The van der Waals surface area contributed by atoms with E-state index in [1.165, 1.54) is 0 Å². The van der Waals surface area contributed by atoms with Crippen LogP contribution in [0, 0.1) is 6.92 Å². The molecule has 0 unspecified atom stereocenters. The van der Waals surface area contributed by atoms with Gasteiger partial charge in [0.05, 0.1) is 45.9 Å². The third-order valence-corrected chi connectivity index (χ3v) is 14.0. The van der Waals surface area contributed by atoms with E-state index in [1.807, 2.05) is 103 Å². The third kappa shape index (κ3) is 7.69. The minimum Gasteiger partial charge on any atom is -0.321 e. The molecule has 3 heterocycles. The molecule has 0 bridgehead atoms. The molecule has 4 heteroatoms. The molecule has 0 atom stereocenters. The third-order valence-electron chi connectivity index (χ3n) is 14.0. The first kappa shape index (κ1) is 31.4. The number of rotatable bonds is 9. The Morgan fingerprint density at radius 2 is 1.09 bits per heavy atom. The van der Waals surface area contributed by atoms with Gasteiger partial charge in [-0.3, -0.25) is 4.57 Å². The van der Waals surface area contributed by atoms with Crippen molar-refractivity contribution >= 4 is 44.6 Å². The second-order valence-corrected chi connectivity index (χ2v) is 20.0. The van der Waals surface area contributed by atoms with E-state index in [0.29, 0.717) is 39.2 Å². The molecular formula is C65H60N4. The van der Waals surface area contributed by atoms with E-state index in [2.05, 4.69) is 69.0 Å². The number of fused-ring (bicyclic) bond motifs is 4. The first-order valence-electron chi connectivity index (χ1n) is 29.8. The van der Waals surface area contributed by atoms with E-state index in [4.69, 9.17) is 14.6 Å². The largest absolute Gasteiger partial charge is 0.321 e. The maximum Gasteiger partial charge on any atom is 0.137 e. The van der Waals surface area contributed by atoms with E-state index in [0.717, 1.165) is 44.5 Å². The Morgan fingerprint density at radius 3 is 1.75 bits per heavy atom. The van der Waals surface area contributed by atoms with Gasteiger partial charge in [0.15, 0.2) is 0 Å². The van der Waals surface area contributed by atoms with E-state index in [-0.39, 0.29) is 47.0 Å². The van der Waals surface area contributed by atoms with Crippen LogP contribution in [0.15, 0.2) is 206 Å². The van der Waals surface area contributed by atoms with Crippen molar-refractivity contribution in [1.29, 1.82) is 0 Å². The van der Waals surface area contributed by atoms with E-state index < -0.39 is 76.7 Å². The SMILES string of the molecule is [2H]c1c([2H])c([2H])c(-c2cc(C(C)(C)C)cc(-c3c([2H])c([2H])c([2H])c([2H])c3[2H])c2N2CN(c3cccc(C(C)(C)c4ccc5c6c([2H])c(C)c([2H])c([2H])c6n(-c6cc(C(C)(C)c7ccccc7)ccn6)c5c4)c3)c3ccccc32)c([2H])c1[2H]. The van der Waals surface area contributed by atoms with Crippen LogP contribution in [0.3, 0.4) is 0 Å². The molecule has 0 radical (unpaired) electrons. The van der Waals surface area contributed by atoms with Crippen LogP contribution in [0.5, 0.6) is 0 Å². The summed E-state index contributed by atoms with van der Waals surface area (Å²) in [5.74, 6) is 0.560. The Bertz CT molecular complexity index is 4170. The van der Waals surface area contributed by atoms with Crippen molar-refractivity contribution in [2.24, 2.45) is 0 Å². The maximum absolute atomic E-state index is 9.42. The van der Waals surface area contributed by atoms with Gasteiger partial charge < -0.3 is 9.80 Å². The van der Waals surface area contributed by atoms with Crippen molar-refractivity contribution in [2.75, 3.05) is 16.5 Å². The van der Waals surface area contributed by atoms with Crippen LogP contribution >= 0.6 is 0 Å². The molecule has 2 aromatic heterocycles. The number of hydrogen-bond donors (Lipinski definition) is 0. The summed E-state index contributed by atoms with van der Waals surface area (Å²) in [6.45, 7) is 16.3. The summed E-state index contributed by atoms with van der Waals surface area (Å²) in [5, 5.41) is 1.33. The molecule has 0 spiro atoms. The number of pyridine rings is 1. The Kier molecular flexibility index (Phi) is 7.65. The summed E-state index contributed by atoms with van der Waals surface area (Å²) in [7, 11) is 0. The van der Waals surface area contributed by atoms with Crippen LogP contribution in [0.25, 0.3) is 49.9 Å². The van der Waals surface area contributed by atoms with Gasteiger partial charge >= 0.3 is 0 Å². The second-order valence-electron chi connectivity index (χ2n) is 20.0. The molecule has 69 heavy (non-hydrogen) atoms. The lowest BCUT2D eigenvalue weighted by Crippen LogP contribution is -2.26. The van der Waals surface area contributed by atoms with Gasteiger partial charge in [0, 0.05) is 44.6 Å². The fraction of sp³-hybridized carbons (Fsp3) is 0.185. The molecule has 340 valence electrons. The lowest BCUT2D eigenvalue weighted by atomic mass is 9.77. The first-order valence-corrected chi connectivity index (χ1v) is 23.3. The highest BCUT2D eigenvalue weighted by Gasteiger charge is 2.34. The lowest BCUT2D eigenvalue weighted by molar-refractivity contribution is 0.590. The zero-order valence-electron chi connectivity index (χ0n) is 53.1. The van der Waals surface area contributed by atoms with Crippen molar-refractivity contribution in [1.82, 2.24) is 9.55 Å². The summed E-state index contributed by atoms with van der Waals surface area (Å²) in [6.07, 6.45) is 1.78. The highest BCUT2D eigenvalue weighted by molar-refractivity contribution is 6.09. The average Bonchev–Trinajstić information content (AvgIpc) is 2.74. The topological polar surface area (TPSA) is 24.3 Å². The van der Waals surface area contributed by atoms with Crippen LogP contribution in [0.1, 0.15) is 99.7 Å². The minimum absolute atomic E-state index is 0.00804. The standard InChI is InChI=1S/C65H60N4/c1-44-31-34-57-56(37-44)53-33-32-49(41-60(53)69(57)61-42-50(35-36-66-61)64(5,6)47-25-16-11-17-26-47)65(7,8)48-27-20-28-52(38-48)67-43-68(59-30-19-18-29-58(59)67)62-54(45-21-12-9-13-22-45)39-51(63(2,3)4)40-55(62)46-23-14-10-15-24-46/h9-42H,43H2,1-8H3/i9D,10D,12D,13D,14D,15D,21D,22D,23D,24D,31D,34D,37D. The predicted molar refractivity (Wildman–Crippen MR) is 292 cm³/mol. The molecule has 8 aromatic carbocycles. The highest BCUT2D eigenvalue weighted by Crippen LogP contribution is 2.52. The van der Waals surface area contributed by atoms with Crippen LogP contribution in [0.4, 0.5) is 22.7 Å². The quantitative estimate of drug-likeness (QED) is 0.144. The van der Waals surface area contributed by atoms with Crippen LogP contribution in [-0.4, -0.2) is 16.2 Å². The summed E-state index contributed by atoms with van der Waals surface area (Å²) in [6, 6.07) is 35.0. The van der Waals surface area contributed by atoms with Crippen LogP contribution in [-0.2, 0) is 16.2 Å². The maximum atomic E-state index is 9.42. The fourth-order valence-electron chi connectivity index (χ4n) is 9.85. The molecule has 11 rings (SSSR count). The molecule has 0 amide bonds. The molecule has 0 fully saturated rings. The number of aromatic nitrogens is 2. The number of anilines is 4. The smallest absolute Gasteiger partial charge is 0.137 e. The monoisotopic (exact) mass is 910 g/mol. The molecular weight excluding hydrogens is 837 g/mol. The van der Waals surface area contributed by atoms with Gasteiger partial charge in [-0.15, -0.1) is 0 Å². The summed E-state index contributed by atoms with van der Waals surface area (Å²) in [4.78, 5) is 8.97. The van der Waals surface area contributed by atoms with Crippen molar-refractivity contribution in [3.05, 3.63) is 239 Å². The van der Waals surface area contributed by atoms with E-state index in [9.17, 15) is 8.22 Å². The van der Waals surface area contributed by atoms with Crippen molar-refractivity contribution < 1.29 is 17.8 Å². The van der Waals surface area contributed by atoms with Gasteiger partial charge in [-0.2, -0.15) is 0 Å². The van der Waals surface area contributed by atoms with Gasteiger partial charge in [-0.25, -0.2) is 4.98 Å². The molecule has 1 aliphatic heterocycles. The Morgan fingerprint density at radius 1 is 0.493 bits per heavy atom. The van der Waals surface area contributed by atoms with Gasteiger partial charge in [0.2, 0.25) is 0 Å². The highest BCUT2D eigenvalue weighted by atomic mass is 15.4. The molecule has 0 N–H and O–H groups in total. The Balaban J connectivity index is 1.09. The molecule has 10 aromatic rings. The number of benzene rings is 8. The number of para-hydroxylation sites is 2. The van der Waals surface area contributed by atoms with Gasteiger partial charge in [0.25, 0.3) is 0 Å².